The largest absolute Gasteiger partial charge is 0.454 e. The van der Waals surface area contributed by atoms with Gasteiger partial charge in [0.05, 0.1) is 5.69 Å². The van der Waals surface area contributed by atoms with Crippen LogP contribution in [-0.4, -0.2) is 53.7 Å². The third-order valence-corrected chi connectivity index (χ3v) is 8.29. The Labute approximate surface area is 215 Å². The van der Waals surface area contributed by atoms with Gasteiger partial charge in [-0.2, -0.15) is 16.6 Å². The molecule has 5 heterocycles. The van der Waals surface area contributed by atoms with Crippen molar-refractivity contribution in [3.8, 4) is 28.7 Å². The van der Waals surface area contributed by atoms with E-state index in [2.05, 4.69) is 16.0 Å². The fraction of sp³-hybridized carbons (Fsp3) is 0.240. The van der Waals surface area contributed by atoms with Crippen LogP contribution in [0.25, 0.3) is 21.3 Å². The summed E-state index contributed by atoms with van der Waals surface area (Å²) in [5, 5.41) is 14.2. The number of nitrogens with two attached hydrogens (primary N) is 2. The number of benzene rings is 1. The number of nitriles is 1. The average molecular weight is 519 g/mol. The summed E-state index contributed by atoms with van der Waals surface area (Å²) in [5.41, 5.74) is 15.9. The molecule has 0 bridgehead atoms. The lowest BCUT2D eigenvalue weighted by Crippen LogP contribution is -2.48. The lowest BCUT2D eigenvalue weighted by atomic mass is 9.99. The van der Waals surface area contributed by atoms with Gasteiger partial charge < -0.3 is 25.8 Å². The second-order valence-corrected chi connectivity index (χ2v) is 10.4. The predicted octanol–water partition coefficient (Wildman–Crippen LogP) is 3.75. The first-order chi connectivity index (χ1) is 17.5. The van der Waals surface area contributed by atoms with Crippen LogP contribution in [0, 0.1) is 11.3 Å². The number of piperazine rings is 1. The lowest BCUT2D eigenvalue weighted by molar-refractivity contribution is 0.0634. The standard InChI is InChI=1S/C25H22N6O3S2/c26-10-16-19(15-3-8-35-12-15)20-21(27)22(36-24(20)29-23(16)28)25(32)31-6-4-30(5-7-31)11-14-1-2-17-18(9-14)34-13-33-17/h1-3,8-9,12H,4-7,11,13,27H2,(H2,28,29). The van der Waals surface area contributed by atoms with Gasteiger partial charge in [0.25, 0.3) is 5.91 Å². The third kappa shape index (κ3) is 3.80. The van der Waals surface area contributed by atoms with Crippen molar-refractivity contribution < 1.29 is 14.3 Å². The van der Waals surface area contributed by atoms with E-state index in [1.54, 1.807) is 0 Å². The number of nitrogen functional groups attached to an aromatic ring is 2. The van der Waals surface area contributed by atoms with Gasteiger partial charge >= 0.3 is 0 Å². The fourth-order valence-corrected chi connectivity index (χ4v) is 6.41. The minimum atomic E-state index is -0.119. The maximum Gasteiger partial charge on any atom is 0.266 e. The molecule has 0 aliphatic carbocycles. The van der Waals surface area contributed by atoms with Crippen molar-refractivity contribution in [2.45, 2.75) is 6.54 Å². The zero-order valence-electron chi connectivity index (χ0n) is 19.2. The van der Waals surface area contributed by atoms with Crippen molar-refractivity contribution in [3.05, 3.63) is 51.0 Å². The van der Waals surface area contributed by atoms with Gasteiger partial charge in [-0.05, 0) is 40.1 Å². The molecule has 1 aromatic carbocycles. The summed E-state index contributed by atoms with van der Waals surface area (Å²) in [6, 6.07) is 10.1. The Morgan fingerprint density at radius 2 is 1.94 bits per heavy atom. The normalized spacial score (nSPS) is 15.4. The molecule has 1 fully saturated rings. The molecule has 0 spiro atoms. The minimum Gasteiger partial charge on any atom is -0.454 e. The molecule has 0 radical (unpaired) electrons. The molecule has 9 nitrogen and oxygen atoms in total. The van der Waals surface area contributed by atoms with Gasteiger partial charge in [-0.15, -0.1) is 11.3 Å². The molecule has 36 heavy (non-hydrogen) atoms. The molecular weight excluding hydrogens is 496 g/mol. The number of rotatable bonds is 4. The van der Waals surface area contributed by atoms with E-state index in [0.717, 1.165) is 42.3 Å². The van der Waals surface area contributed by atoms with Crippen molar-refractivity contribution in [2.24, 2.45) is 0 Å². The number of anilines is 2. The molecule has 182 valence electrons. The number of hydrogen-bond acceptors (Lipinski definition) is 10. The van der Waals surface area contributed by atoms with Gasteiger partial charge in [-0.3, -0.25) is 9.69 Å². The summed E-state index contributed by atoms with van der Waals surface area (Å²) < 4.78 is 10.9. The van der Waals surface area contributed by atoms with Crippen LogP contribution < -0.4 is 20.9 Å². The van der Waals surface area contributed by atoms with Crippen molar-refractivity contribution in [2.75, 3.05) is 44.4 Å². The molecular formula is C25H22N6O3S2. The molecule has 2 aliphatic rings. The third-order valence-electron chi connectivity index (χ3n) is 6.52. The highest BCUT2D eigenvalue weighted by Crippen LogP contribution is 2.43. The van der Waals surface area contributed by atoms with Gasteiger partial charge in [-0.1, -0.05) is 6.07 Å². The van der Waals surface area contributed by atoms with Crippen molar-refractivity contribution in [1.29, 1.82) is 5.26 Å². The lowest BCUT2D eigenvalue weighted by Gasteiger charge is -2.34. The highest BCUT2D eigenvalue weighted by atomic mass is 32.1. The number of aromatic nitrogens is 1. The number of fused-ring (bicyclic) bond motifs is 2. The number of carbonyl (C=O) groups is 1. The van der Waals surface area contributed by atoms with Crippen LogP contribution in [-0.2, 0) is 6.54 Å². The number of pyridine rings is 1. The fourth-order valence-electron chi connectivity index (χ4n) is 4.69. The molecule has 11 heteroatoms. The first kappa shape index (κ1) is 22.6. The molecule has 4 aromatic rings. The minimum absolute atomic E-state index is 0.119. The van der Waals surface area contributed by atoms with Gasteiger partial charge in [0.1, 0.15) is 27.2 Å². The Kier molecular flexibility index (Phi) is 5.64. The molecule has 1 saturated heterocycles. The molecule has 0 atom stereocenters. The van der Waals surface area contributed by atoms with Gasteiger partial charge in [0.2, 0.25) is 6.79 Å². The summed E-state index contributed by atoms with van der Waals surface area (Å²) in [5.74, 6) is 1.57. The van der Waals surface area contributed by atoms with Crippen LogP contribution in [0.4, 0.5) is 11.5 Å². The summed E-state index contributed by atoms with van der Waals surface area (Å²) in [6.45, 7) is 3.70. The van der Waals surface area contributed by atoms with Gasteiger partial charge in [0.15, 0.2) is 11.5 Å². The van der Waals surface area contributed by atoms with E-state index >= 15 is 0 Å². The number of amides is 1. The summed E-state index contributed by atoms with van der Waals surface area (Å²) in [7, 11) is 0. The Bertz CT molecular complexity index is 1520. The molecule has 3 aromatic heterocycles. The SMILES string of the molecule is N#Cc1c(N)nc2sc(C(=O)N3CCN(Cc4ccc5c(c4)OCO5)CC3)c(N)c2c1-c1ccsc1. The summed E-state index contributed by atoms with van der Waals surface area (Å²) >= 11 is 2.75. The van der Waals surface area contributed by atoms with Gasteiger partial charge in [0, 0.05) is 43.7 Å². The second-order valence-electron chi connectivity index (χ2n) is 8.65. The van der Waals surface area contributed by atoms with Crippen molar-refractivity contribution in [3.63, 3.8) is 0 Å². The van der Waals surface area contributed by atoms with Crippen LogP contribution in [0.1, 0.15) is 20.8 Å². The van der Waals surface area contributed by atoms with Crippen LogP contribution in [0.3, 0.4) is 0 Å². The Hall–Kier alpha value is -3.85. The quantitative estimate of drug-likeness (QED) is 0.418. The second kappa shape index (κ2) is 8.98. The number of hydrogen-bond donors (Lipinski definition) is 2. The van der Waals surface area contributed by atoms with Crippen LogP contribution >= 0.6 is 22.7 Å². The zero-order valence-corrected chi connectivity index (χ0v) is 20.8. The van der Waals surface area contributed by atoms with E-state index in [-0.39, 0.29) is 24.1 Å². The zero-order chi connectivity index (χ0) is 24.8. The Morgan fingerprint density at radius 3 is 2.69 bits per heavy atom. The van der Waals surface area contributed by atoms with Crippen LogP contribution in [0.15, 0.2) is 35.0 Å². The number of thiophene rings is 2. The molecule has 1 amide bonds. The number of nitrogens with zero attached hydrogens (tertiary/aromatic N) is 4. The predicted molar refractivity (Wildman–Crippen MR) is 140 cm³/mol. The molecule has 2 aliphatic heterocycles. The number of carbonyl (C=O) groups excluding carboxylic acids is 1. The van der Waals surface area contributed by atoms with Crippen LogP contribution in [0.5, 0.6) is 11.5 Å². The molecule has 4 N–H and O–H groups in total. The van der Waals surface area contributed by atoms with E-state index < -0.39 is 0 Å². The molecule has 6 rings (SSSR count). The summed E-state index contributed by atoms with van der Waals surface area (Å²) in [6.07, 6.45) is 0. The molecule has 0 unspecified atom stereocenters. The van der Waals surface area contributed by atoms with Crippen molar-refractivity contribution >= 4 is 50.3 Å². The highest BCUT2D eigenvalue weighted by Gasteiger charge is 2.29. The topological polar surface area (TPSA) is 131 Å². The first-order valence-electron chi connectivity index (χ1n) is 11.4. The molecule has 0 saturated carbocycles. The maximum absolute atomic E-state index is 13.5. The summed E-state index contributed by atoms with van der Waals surface area (Å²) in [4.78, 5) is 23.1. The van der Waals surface area contributed by atoms with Crippen LogP contribution in [0.2, 0.25) is 0 Å². The van der Waals surface area contributed by atoms with E-state index in [1.165, 1.54) is 22.7 Å². The van der Waals surface area contributed by atoms with Gasteiger partial charge in [-0.25, -0.2) is 4.98 Å². The van der Waals surface area contributed by atoms with E-state index in [1.807, 2.05) is 39.9 Å². The Balaban J connectivity index is 1.23. The maximum atomic E-state index is 13.5. The van der Waals surface area contributed by atoms with Crippen molar-refractivity contribution in [1.82, 2.24) is 14.8 Å². The monoisotopic (exact) mass is 518 g/mol. The average Bonchev–Trinajstić information content (AvgIpc) is 3.64. The van der Waals surface area contributed by atoms with E-state index in [0.29, 0.717) is 39.4 Å². The Morgan fingerprint density at radius 1 is 1.14 bits per heavy atom. The number of ether oxygens (including phenoxy) is 2. The smallest absolute Gasteiger partial charge is 0.266 e. The first-order valence-corrected chi connectivity index (χ1v) is 13.1. The van der Waals surface area contributed by atoms with E-state index in [9.17, 15) is 10.1 Å². The highest BCUT2D eigenvalue weighted by molar-refractivity contribution is 7.21. The van der Waals surface area contributed by atoms with E-state index in [4.69, 9.17) is 20.9 Å².